The van der Waals surface area contributed by atoms with E-state index in [1.54, 1.807) is 43.6 Å². The number of halogens is 1. The molecule has 3 N–H and O–H groups in total. The van der Waals surface area contributed by atoms with Gasteiger partial charge in [0.1, 0.15) is 5.15 Å². The monoisotopic (exact) mass is 369 g/mol. The van der Waals surface area contributed by atoms with Crippen LogP contribution >= 0.6 is 11.6 Å². The van der Waals surface area contributed by atoms with Gasteiger partial charge in [0.2, 0.25) is 5.91 Å². The third-order valence-electron chi connectivity index (χ3n) is 3.45. The maximum atomic E-state index is 12.0. The van der Waals surface area contributed by atoms with Crippen LogP contribution in [0.1, 0.15) is 11.1 Å². The minimum Gasteiger partial charge on any atom is -0.356 e. The molecule has 0 saturated heterocycles. The molecule has 2 aromatic rings. The number of anilines is 1. The number of hydrogen-bond donors (Lipinski definition) is 3. The first-order chi connectivity index (χ1) is 12.6. The van der Waals surface area contributed by atoms with Crippen LogP contribution in [0.2, 0.25) is 5.15 Å². The molecule has 134 valence electrons. The maximum absolute atomic E-state index is 12.0. The lowest BCUT2D eigenvalue weighted by atomic mass is 10.2. The van der Waals surface area contributed by atoms with Crippen molar-refractivity contribution in [2.75, 3.05) is 25.5 Å². The first kappa shape index (κ1) is 19.3. The van der Waals surface area contributed by atoms with Crippen LogP contribution in [0.25, 0.3) is 0 Å². The second-order valence-corrected chi connectivity index (χ2v) is 5.75. The summed E-state index contributed by atoms with van der Waals surface area (Å²) in [5.74, 6) is 2.88. The van der Waals surface area contributed by atoms with Gasteiger partial charge in [-0.15, -0.1) is 6.42 Å². The molecule has 0 aliphatic heterocycles. The average Bonchev–Trinajstić information content (AvgIpc) is 2.66. The molecular formula is C19H20ClN5O. The second kappa shape index (κ2) is 10.1. The van der Waals surface area contributed by atoms with Gasteiger partial charge in [0, 0.05) is 31.0 Å². The maximum Gasteiger partial charge on any atom is 0.243 e. The molecule has 26 heavy (non-hydrogen) atoms. The highest BCUT2D eigenvalue weighted by molar-refractivity contribution is 6.29. The molecule has 2 rings (SSSR count). The van der Waals surface area contributed by atoms with Crippen LogP contribution in [0.4, 0.5) is 5.69 Å². The van der Waals surface area contributed by atoms with E-state index in [9.17, 15) is 4.79 Å². The first-order valence-corrected chi connectivity index (χ1v) is 8.40. The number of guanidine groups is 1. The lowest BCUT2D eigenvalue weighted by Crippen LogP contribution is -2.42. The van der Waals surface area contributed by atoms with Crippen LogP contribution in [-0.4, -0.2) is 37.0 Å². The van der Waals surface area contributed by atoms with Gasteiger partial charge >= 0.3 is 0 Å². The number of rotatable bonds is 6. The van der Waals surface area contributed by atoms with Crippen LogP contribution < -0.4 is 16.0 Å². The number of amides is 1. The number of nitrogens with one attached hydrogen (secondary N) is 3. The van der Waals surface area contributed by atoms with Gasteiger partial charge < -0.3 is 16.0 Å². The van der Waals surface area contributed by atoms with E-state index in [-0.39, 0.29) is 12.5 Å². The Bertz CT molecular complexity index is 811. The smallest absolute Gasteiger partial charge is 0.243 e. The standard InChI is InChI=1S/C19H20ClN5O/c1-3-14-5-4-6-16(11-14)25-18(26)13-24-19(21-2)22-10-9-15-7-8-17(20)23-12-15/h1,4-8,11-12H,9-10,13H2,2H3,(H,25,26)(H2,21,22,24). The van der Waals surface area contributed by atoms with E-state index in [2.05, 4.69) is 31.8 Å². The van der Waals surface area contributed by atoms with Crippen LogP contribution in [0.15, 0.2) is 47.6 Å². The molecule has 1 aromatic carbocycles. The third kappa shape index (κ3) is 6.46. The average molecular weight is 370 g/mol. The Morgan fingerprint density at radius 3 is 2.85 bits per heavy atom. The van der Waals surface area contributed by atoms with Gasteiger partial charge in [-0.05, 0) is 36.2 Å². The summed E-state index contributed by atoms with van der Waals surface area (Å²) in [6.07, 6.45) is 7.85. The van der Waals surface area contributed by atoms with Gasteiger partial charge in [0.05, 0.1) is 6.54 Å². The Morgan fingerprint density at radius 1 is 1.31 bits per heavy atom. The Morgan fingerprint density at radius 2 is 2.15 bits per heavy atom. The minimum atomic E-state index is -0.191. The fraction of sp³-hybridized carbons (Fsp3) is 0.211. The summed E-state index contributed by atoms with van der Waals surface area (Å²) in [5.41, 5.74) is 2.43. The first-order valence-electron chi connectivity index (χ1n) is 8.02. The lowest BCUT2D eigenvalue weighted by Gasteiger charge is -2.12. The zero-order valence-corrected chi connectivity index (χ0v) is 15.2. The van der Waals surface area contributed by atoms with Crippen molar-refractivity contribution in [3.05, 3.63) is 58.9 Å². The van der Waals surface area contributed by atoms with Crippen molar-refractivity contribution in [1.29, 1.82) is 0 Å². The van der Waals surface area contributed by atoms with Gasteiger partial charge in [-0.2, -0.15) is 0 Å². The Balaban J connectivity index is 1.74. The van der Waals surface area contributed by atoms with E-state index < -0.39 is 0 Å². The Hall–Kier alpha value is -3.04. The summed E-state index contributed by atoms with van der Waals surface area (Å²) in [4.78, 5) is 20.2. The van der Waals surface area contributed by atoms with Gasteiger partial charge in [-0.3, -0.25) is 9.79 Å². The Labute approximate surface area is 158 Å². The topological polar surface area (TPSA) is 78.4 Å². The van der Waals surface area contributed by atoms with Crippen molar-refractivity contribution in [1.82, 2.24) is 15.6 Å². The van der Waals surface area contributed by atoms with Gasteiger partial charge in [-0.25, -0.2) is 4.98 Å². The molecule has 0 spiro atoms. The van der Waals surface area contributed by atoms with Gasteiger partial charge in [0.15, 0.2) is 5.96 Å². The molecule has 0 bridgehead atoms. The van der Waals surface area contributed by atoms with Crippen molar-refractivity contribution in [3.63, 3.8) is 0 Å². The highest BCUT2D eigenvalue weighted by atomic mass is 35.5. The molecule has 1 heterocycles. The summed E-state index contributed by atoms with van der Waals surface area (Å²) in [6.45, 7) is 0.733. The molecule has 0 aliphatic carbocycles. The molecule has 1 aromatic heterocycles. The third-order valence-corrected chi connectivity index (χ3v) is 3.67. The van der Waals surface area contributed by atoms with E-state index in [0.717, 1.165) is 12.0 Å². The van der Waals surface area contributed by atoms with Crippen molar-refractivity contribution < 1.29 is 4.79 Å². The molecule has 0 atom stereocenters. The van der Waals surface area contributed by atoms with E-state index in [0.29, 0.717) is 28.9 Å². The number of nitrogens with zero attached hydrogens (tertiary/aromatic N) is 2. The summed E-state index contributed by atoms with van der Waals surface area (Å²) >= 11 is 5.76. The Kier molecular flexibility index (Phi) is 7.47. The lowest BCUT2D eigenvalue weighted by molar-refractivity contribution is -0.115. The number of carbonyl (C=O) groups is 1. The molecule has 1 amide bonds. The minimum absolute atomic E-state index is 0.0858. The predicted molar refractivity (Wildman–Crippen MR) is 105 cm³/mol. The highest BCUT2D eigenvalue weighted by Crippen LogP contribution is 2.09. The number of aliphatic imine (C=N–C) groups is 1. The number of aromatic nitrogens is 1. The van der Waals surface area contributed by atoms with Crippen molar-refractivity contribution in [2.24, 2.45) is 4.99 Å². The number of pyridine rings is 1. The molecule has 6 nitrogen and oxygen atoms in total. The molecule has 0 radical (unpaired) electrons. The molecule has 7 heteroatoms. The second-order valence-electron chi connectivity index (χ2n) is 5.37. The van der Waals surface area contributed by atoms with Crippen molar-refractivity contribution in [2.45, 2.75) is 6.42 Å². The van der Waals surface area contributed by atoms with E-state index in [1.165, 1.54) is 0 Å². The molecule has 0 saturated carbocycles. The summed E-state index contributed by atoms with van der Waals surface area (Å²) in [5, 5.41) is 9.36. The predicted octanol–water partition coefficient (Wildman–Crippen LogP) is 2.06. The van der Waals surface area contributed by atoms with Crippen LogP contribution in [0.3, 0.4) is 0 Å². The van der Waals surface area contributed by atoms with Crippen LogP contribution in [-0.2, 0) is 11.2 Å². The normalized spacial score (nSPS) is 10.7. The van der Waals surface area contributed by atoms with Crippen molar-refractivity contribution >= 4 is 29.2 Å². The molecule has 0 aliphatic rings. The number of carbonyl (C=O) groups excluding carboxylic acids is 1. The molecule has 0 unspecified atom stereocenters. The van der Waals surface area contributed by atoms with Gasteiger partial charge in [0.25, 0.3) is 0 Å². The zero-order chi connectivity index (χ0) is 18.8. The zero-order valence-electron chi connectivity index (χ0n) is 14.4. The van der Waals surface area contributed by atoms with Gasteiger partial charge in [-0.1, -0.05) is 29.7 Å². The molecular weight excluding hydrogens is 350 g/mol. The molecule has 0 fully saturated rings. The largest absolute Gasteiger partial charge is 0.356 e. The number of hydrogen-bond acceptors (Lipinski definition) is 3. The fourth-order valence-corrected chi connectivity index (χ4v) is 2.27. The quantitative estimate of drug-likeness (QED) is 0.315. The SMILES string of the molecule is C#Cc1cccc(NC(=O)CNC(=NC)NCCc2ccc(Cl)nc2)c1. The van der Waals surface area contributed by atoms with E-state index >= 15 is 0 Å². The number of terminal acetylenes is 1. The summed E-state index contributed by atoms with van der Waals surface area (Å²) < 4.78 is 0. The van der Waals surface area contributed by atoms with Crippen LogP contribution in [0, 0.1) is 12.3 Å². The number of benzene rings is 1. The van der Waals surface area contributed by atoms with E-state index in [4.69, 9.17) is 18.0 Å². The summed E-state index contributed by atoms with van der Waals surface area (Å²) in [6, 6.07) is 10.8. The fourth-order valence-electron chi connectivity index (χ4n) is 2.16. The van der Waals surface area contributed by atoms with Crippen molar-refractivity contribution in [3.8, 4) is 12.3 Å². The summed E-state index contributed by atoms with van der Waals surface area (Å²) in [7, 11) is 1.65. The highest BCUT2D eigenvalue weighted by Gasteiger charge is 2.05. The van der Waals surface area contributed by atoms with Crippen LogP contribution in [0.5, 0.6) is 0 Å². The van der Waals surface area contributed by atoms with E-state index in [1.807, 2.05) is 6.07 Å².